The summed E-state index contributed by atoms with van der Waals surface area (Å²) in [6, 6.07) is 4.07. The minimum absolute atomic E-state index is 0.0228. The topological polar surface area (TPSA) is 128 Å². The maximum Gasteiger partial charge on any atom is 0.293 e. The van der Waals surface area contributed by atoms with E-state index in [0.29, 0.717) is 23.9 Å². The van der Waals surface area contributed by atoms with Crippen LogP contribution in [0.1, 0.15) is 5.56 Å². The second-order valence-corrected chi connectivity index (χ2v) is 7.16. The second-order valence-electron chi connectivity index (χ2n) is 5.76. The van der Waals surface area contributed by atoms with Gasteiger partial charge < -0.3 is 14.8 Å². The van der Waals surface area contributed by atoms with E-state index < -0.39 is 22.0 Å². The molecule has 12 heteroatoms. The molecule has 1 aromatic carbocycles. The first-order chi connectivity index (χ1) is 13.9. The van der Waals surface area contributed by atoms with Crippen LogP contribution in [0.4, 0.5) is 10.5 Å². The quantitative estimate of drug-likeness (QED) is 0.406. The summed E-state index contributed by atoms with van der Waals surface area (Å²) in [5.74, 6) is -1.04. The van der Waals surface area contributed by atoms with Crippen molar-refractivity contribution in [1.29, 1.82) is 0 Å². The lowest BCUT2D eigenvalue weighted by molar-refractivity contribution is -0.384. The zero-order chi connectivity index (χ0) is 21.0. The number of halogens is 1. The summed E-state index contributed by atoms with van der Waals surface area (Å²) in [5, 5.41) is 13.0. The number of carbonyl (C=O) groups excluding carboxylic acids is 3. The molecular formula is C17H14ClN3O7S. The number of amides is 3. The third-order valence-corrected chi connectivity index (χ3v) is 5.06. The first kappa shape index (κ1) is 20.7. The maximum absolute atomic E-state index is 12.5. The molecule has 0 saturated carbocycles. The lowest BCUT2D eigenvalue weighted by Gasteiger charge is -2.16. The van der Waals surface area contributed by atoms with Crippen LogP contribution in [0.3, 0.4) is 0 Å². The molecule has 1 aromatic rings. The third-order valence-electron chi connectivity index (χ3n) is 3.83. The number of nitro benzene ring substituents is 1. The molecule has 152 valence electrons. The van der Waals surface area contributed by atoms with Gasteiger partial charge in [0.05, 0.1) is 9.83 Å². The van der Waals surface area contributed by atoms with Crippen LogP contribution in [0, 0.1) is 10.1 Å². The van der Waals surface area contributed by atoms with Gasteiger partial charge in [-0.1, -0.05) is 17.7 Å². The Kier molecular flexibility index (Phi) is 6.39. The van der Waals surface area contributed by atoms with E-state index in [2.05, 4.69) is 5.32 Å². The molecule has 0 spiro atoms. The van der Waals surface area contributed by atoms with Crippen LogP contribution < -0.4 is 5.32 Å². The van der Waals surface area contributed by atoms with Gasteiger partial charge in [-0.25, -0.2) is 0 Å². The molecule has 0 unspecified atom stereocenters. The van der Waals surface area contributed by atoms with Gasteiger partial charge in [0.25, 0.3) is 22.7 Å². The number of nitro groups is 1. The molecule has 0 aliphatic carbocycles. The molecule has 0 aromatic heterocycles. The van der Waals surface area contributed by atoms with Gasteiger partial charge in [0, 0.05) is 19.2 Å². The SMILES string of the molecule is O=C(NCCN1C(=O)S/C(=C\c2ccc(Cl)c([N+](=O)[O-])c2)C1=O)C1=COCCO1. The summed E-state index contributed by atoms with van der Waals surface area (Å²) in [6.45, 7) is 0.604. The molecule has 1 N–H and O–H groups in total. The molecule has 10 nitrogen and oxygen atoms in total. The zero-order valence-corrected chi connectivity index (χ0v) is 16.3. The standard InChI is InChI=1S/C17H14ClN3O7S/c18-11-2-1-10(7-12(11)21(25)26)8-14-16(23)20(17(24)29-14)4-3-19-15(22)13-9-27-5-6-28-13/h1-2,7-9H,3-6H2,(H,19,22)/b14-8-. The molecule has 2 aliphatic heterocycles. The lowest BCUT2D eigenvalue weighted by Crippen LogP contribution is -2.38. The van der Waals surface area contributed by atoms with Gasteiger partial charge in [-0.05, 0) is 29.5 Å². The van der Waals surface area contributed by atoms with E-state index in [1.807, 2.05) is 0 Å². The normalized spacial score (nSPS) is 17.6. The average molecular weight is 440 g/mol. The van der Waals surface area contributed by atoms with E-state index in [-0.39, 0.29) is 41.1 Å². The van der Waals surface area contributed by atoms with E-state index in [9.17, 15) is 24.5 Å². The molecule has 1 fully saturated rings. The lowest BCUT2D eigenvalue weighted by atomic mass is 10.2. The smallest absolute Gasteiger partial charge is 0.293 e. The molecule has 0 radical (unpaired) electrons. The number of nitrogens with zero attached hydrogens (tertiary/aromatic N) is 2. The Morgan fingerprint density at radius 3 is 2.86 bits per heavy atom. The number of hydrogen-bond donors (Lipinski definition) is 1. The first-order valence-corrected chi connectivity index (χ1v) is 9.48. The number of imide groups is 1. The van der Waals surface area contributed by atoms with Crippen LogP contribution in [0.2, 0.25) is 5.02 Å². The summed E-state index contributed by atoms with van der Waals surface area (Å²) in [6.07, 6.45) is 2.58. The molecule has 0 bridgehead atoms. The van der Waals surface area contributed by atoms with Crippen molar-refractivity contribution >= 4 is 52.2 Å². The monoisotopic (exact) mass is 439 g/mol. The predicted octanol–water partition coefficient (Wildman–Crippen LogP) is 2.29. The van der Waals surface area contributed by atoms with E-state index in [1.54, 1.807) is 0 Å². The number of benzene rings is 1. The Labute approximate surface area is 173 Å². The molecule has 29 heavy (non-hydrogen) atoms. The van der Waals surface area contributed by atoms with Crippen LogP contribution in [0.5, 0.6) is 0 Å². The number of nitrogens with one attached hydrogen (secondary N) is 1. The molecule has 1 saturated heterocycles. The fraction of sp³-hybridized carbons (Fsp3) is 0.235. The fourth-order valence-electron chi connectivity index (χ4n) is 2.46. The van der Waals surface area contributed by atoms with E-state index in [0.717, 1.165) is 4.90 Å². The van der Waals surface area contributed by atoms with Gasteiger partial charge in [-0.2, -0.15) is 0 Å². The second kappa shape index (κ2) is 8.97. The highest BCUT2D eigenvalue weighted by atomic mass is 35.5. The highest BCUT2D eigenvalue weighted by Gasteiger charge is 2.35. The Balaban J connectivity index is 1.63. The summed E-state index contributed by atoms with van der Waals surface area (Å²) < 4.78 is 10.1. The van der Waals surface area contributed by atoms with Crippen molar-refractivity contribution in [2.75, 3.05) is 26.3 Å². The largest absolute Gasteiger partial charge is 0.494 e. The predicted molar refractivity (Wildman–Crippen MR) is 104 cm³/mol. The maximum atomic E-state index is 12.5. The van der Waals surface area contributed by atoms with Crippen LogP contribution >= 0.6 is 23.4 Å². The number of ether oxygens (including phenoxy) is 2. The molecule has 2 heterocycles. The number of thioether (sulfide) groups is 1. The van der Waals surface area contributed by atoms with E-state index in [1.165, 1.54) is 30.5 Å². The first-order valence-electron chi connectivity index (χ1n) is 8.29. The van der Waals surface area contributed by atoms with E-state index in [4.69, 9.17) is 21.1 Å². The Morgan fingerprint density at radius 2 is 2.17 bits per heavy atom. The van der Waals surface area contributed by atoms with Crippen LogP contribution in [0.25, 0.3) is 6.08 Å². The van der Waals surface area contributed by atoms with Gasteiger partial charge in [0.2, 0.25) is 5.76 Å². The Morgan fingerprint density at radius 1 is 1.38 bits per heavy atom. The Bertz CT molecular complexity index is 947. The molecule has 2 aliphatic rings. The number of hydrogen-bond acceptors (Lipinski definition) is 8. The van der Waals surface area contributed by atoms with E-state index >= 15 is 0 Å². The molecular weight excluding hydrogens is 426 g/mol. The van der Waals surface area contributed by atoms with Crippen molar-refractivity contribution < 1.29 is 28.8 Å². The number of carbonyl (C=O) groups is 3. The van der Waals surface area contributed by atoms with Gasteiger partial charge in [-0.3, -0.25) is 29.4 Å². The van der Waals surface area contributed by atoms with Gasteiger partial charge in [0.15, 0.2) is 0 Å². The van der Waals surface area contributed by atoms with Crippen molar-refractivity contribution in [2.45, 2.75) is 0 Å². The van der Waals surface area contributed by atoms with Crippen molar-refractivity contribution in [3.63, 3.8) is 0 Å². The summed E-state index contributed by atoms with van der Waals surface area (Å²) in [4.78, 5) is 47.9. The van der Waals surface area contributed by atoms with Crippen molar-refractivity contribution in [2.24, 2.45) is 0 Å². The minimum atomic E-state index is -0.634. The van der Waals surface area contributed by atoms with Crippen molar-refractivity contribution in [3.8, 4) is 0 Å². The van der Waals surface area contributed by atoms with Gasteiger partial charge in [0.1, 0.15) is 24.5 Å². The van der Waals surface area contributed by atoms with Crippen molar-refractivity contribution in [1.82, 2.24) is 10.2 Å². The van der Waals surface area contributed by atoms with Gasteiger partial charge in [-0.15, -0.1) is 0 Å². The highest BCUT2D eigenvalue weighted by molar-refractivity contribution is 8.18. The summed E-state index contributed by atoms with van der Waals surface area (Å²) in [7, 11) is 0. The number of rotatable bonds is 6. The minimum Gasteiger partial charge on any atom is -0.494 e. The molecule has 3 rings (SSSR count). The Hall–Kier alpha value is -3.05. The van der Waals surface area contributed by atoms with Crippen LogP contribution in [0.15, 0.2) is 35.1 Å². The van der Waals surface area contributed by atoms with Crippen LogP contribution in [-0.2, 0) is 19.1 Å². The highest BCUT2D eigenvalue weighted by Crippen LogP contribution is 2.33. The summed E-state index contributed by atoms with van der Waals surface area (Å²) >= 11 is 6.48. The fourth-order valence-corrected chi connectivity index (χ4v) is 3.51. The van der Waals surface area contributed by atoms with Gasteiger partial charge >= 0.3 is 0 Å². The average Bonchev–Trinajstić information content (AvgIpc) is 2.97. The molecule has 0 atom stereocenters. The summed E-state index contributed by atoms with van der Waals surface area (Å²) in [5.41, 5.74) is 0.0619. The van der Waals surface area contributed by atoms with Crippen LogP contribution in [-0.4, -0.2) is 53.2 Å². The zero-order valence-electron chi connectivity index (χ0n) is 14.8. The molecule has 3 amide bonds. The third kappa shape index (κ3) is 4.87. The van der Waals surface area contributed by atoms with Crippen molar-refractivity contribution in [3.05, 3.63) is 55.8 Å².